The van der Waals surface area contributed by atoms with Crippen LogP contribution in [0.4, 0.5) is 0 Å². The maximum atomic E-state index is 4.93. The van der Waals surface area contributed by atoms with Crippen LogP contribution in [0, 0.1) is 13.8 Å². The minimum atomic E-state index is -2.28. The van der Waals surface area contributed by atoms with Crippen molar-refractivity contribution in [1.82, 2.24) is 9.13 Å². The van der Waals surface area contributed by atoms with Crippen LogP contribution in [0.25, 0.3) is 98.8 Å². The standard InChI is InChI=1S/C61H48N2Si.2ClH.Zr/c1-38-33-50-45(41-29-31-57-51(35-41)47-22-11-13-27-55(47)62(57)43-18-7-5-8-19-43)24-16-26-49(50)60(38)64(3,4)61-39(2)34-53-54(61)36-40-17-15-25-46(40)59(53)42-30-32-58-52(37-42)48-23-12-14-28-56(48)63(58)44-20-9-6-10-21-44;;;/h5-14,16,18-24,26-37H,15,17,25H2,1-4H3;2*1H;/q-2;;;+4/p-2. The van der Waals surface area contributed by atoms with Gasteiger partial charge in [0.05, 0.1) is 22.1 Å². The van der Waals surface area contributed by atoms with E-state index in [1.165, 1.54) is 116 Å². The van der Waals surface area contributed by atoms with Crippen LogP contribution in [0.5, 0.6) is 0 Å². The molecule has 10 aromatic carbocycles. The first-order chi connectivity index (χ1) is 32.8. The van der Waals surface area contributed by atoms with Crippen LogP contribution < -0.4 is 10.4 Å². The Morgan fingerprint density at radius 2 is 0.970 bits per heavy atom. The molecule has 0 saturated heterocycles. The topological polar surface area (TPSA) is 9.86 Å². The van der Waals surface area contributed by atoms with Crippen LogP contribution in [-0.2, 0) is 33.7 Å². The van der Waals surface area contributed by atoms with Crippen molar-refractivity contribution >= 4 is 101 Å². The van der Waals surface area contributed by atoms with Gasteiger partial charge in [-0.25, -0.2) is 0 Å². The van der Waals surface area contributed by atoms with E-state index >= 15 is 0 Å². The zero-order valence-corrected chi connectivity index (χ0v) is 43.1. The van der Waals surface area contributed by atoms with Crippen LogP contribution in [-0.4, -0.2) is 17.2 Å². The summed E-state index contributed by atoms with van der Waals surface area (Å²) >= 11 is -0.826. The molecule has 0 aliphatic heterocycles. The third kappa shape index (κ3) is 6.74. The Bertz CT molecular complexity index is 3890. The van der Waals surface area contributed by atoms with E-state index in [2.05, 4.69) is 218 Å². The Labute approximate surface area is 411 Å². The van der Waals surface area contributed by atoms with Crippen LogP contribution in [0.15, 0.2) is 182 Å². The van der Waals surface area contributed by atoms with Crippen molar-refractivity contribution in [2.75, 3.05) is 0 Å². The molecule has 67 heavy (non-hydrogen) atoms. The molecule has 0 spiro atoms. The molecule has 0 saturated carbocycles. The van der Waals surface area contributed by atoms with Gasteiger partial charge in [0, 0.05) is 41.0 Å². The molecule has 1 aliphatic carbocycles. The van der Waals surface area contributed by atoms with Crippen molar-refractivity contribution in [1.29, 1.82) is 0 Å². The van der Waals surface area contributed by atoms with Crippen LogP contribution >= 0.6 is 17.0 Å². The zero-order valence-electron chi connectivity index (χ0n) is 38.1. The third-order valence-electron chi connectivity index (χ3n) is 14.8. The molecular weight excluding hydrogens is 951 g/mol. The fourth-order valence-electron chi connectivity index (χ4n) is 12.4. The van der Waals surface area contributed by atoms with Gasteiger partial charge in [-0.1, -0.05) is 140 Å². The van der Waals surface area contributed by atoms with E-state index in [0.29, 0.717) is 0 Å². The van der Waals surface area contributed by atoms with Crippen LogP contribution in [0.1, 0.15) is 28.7 Å². The number of fused-ring (bicyclic) bond motifs is 9. The summed E-state index contributed by atoms with van der Waals surface area (Å²) in [5.74, 6) is 0. The number of para-hydroxylation sites is 4. The predicted molar refractivity (Wildman–Crippen MR) is 289 cm³/mol. The van der Waals surface area contributed by atoms with Crippen LogP contribution in [0.3, 0.4) is 0 Å². The van der Waals surface area contributed by atoms with Crippen molar-refractivity contribution in [2.45, 2.75) is 46.2 Å². The molecule has 1 aliphatic rings. The SMILES string of the molecule is Cc1cc2c(-c3ccc4c(c3)c3ccccc3n4-c3ccccc3)cccc2[c-]1[Si](C)(C)[c-]1c(C)cc2c(-c3ccc4c(c3)c3ccccc3n4-c3ccccc3)c3c(cc21)CCC3.[Cl][Zr+2][Cl]. The predicted octanol–water partition coefficient (Wildman–Crippen LogP) is 16.3. The molecular formula is C61H48Cl2N2SiZr. The quantitative estimate of drug-likeness (QED) is 0.116. The Balaban J connectivity index is 0.00000152. The Morgan fingerprint density at radius 1 is 0.463 bits per heavy atom. The molecule has 0 amide bonds. The van der Waals surface area contributed by atoms with Gasteiger partial charge in [-0.05, 0) is 91.1 Å². The summed E-state index contributed by atoms with van der Waals surface area (Å²) < 4.78 is 4.84. The fourth-order valence-corrected chi connectivity index (χ4v) is 16.5. The minimum absolute atomic E-state index is 0.826. The van der Waals surface area contributed by atoms with Gasteiger partial charge in [-0.2, -0.15) is 12.1 Å². The molecule has 2 heterocycles. The molecule has 6 heteroatoms. The summed E-state index contributed by atoms with van der Waals surface area (Å²) in [5, 5.41) is 14.0. The van der Waals surface area contributed by atoms with Crippen LogP contribution in [0.2, 0.25) is 13.1 Å². The van der Waals surface area contributed by atoms with E-state index in [4.69, 9.17) is 17.0 Å². The summed E-state index contributed by atoms with van der Waals surface area (Å²) in [7, 11) is 7.58. The molecule has 0 bridgehead atoms. The fraction of sp³-hybridized carbons (Fsp3) is 0.115. The zero-order chi connectivity index (χ0) is 45.6. The number of rotatable bonds is 6. The summed E-state index contributed by atoms with van der Waals surface area (Å²) in [6.07, 6.45) is 3.50. The second-order valence-corrected chi connectivity index (χ2v) is 26.9. The summed E-state index contributed by atoms with van der Waals surface area (Å²) in [6, 6.07) is 68.4. The average molecular weight is 999 g/mol. The number of benzene rings is 8. The molecule has 0 unspecified atom stereocenters. The van der Waals surface area contributed by atoms with Crippen molar-refractivity contribution in [3.63, 3.8) is 0 Å². The molecule has 0 atom stereocenters. The molecule has 324 valence electrons. The first-order valence-corrected chi connectivity index (χ1v) is 32.7. The molecule has 12 aromatic rings. The number of hydrogen-bond acceptors (Lipinski definition) is 0. The number of aromatic nitrogens is 2. The molecule has 0 fully saturated rings. The normalized spacial score (nSPS) is 12.7. The van der Waals surface area contributed by atoms with E-state index in [1.807, 2.05) is 0 Å². The molecule has 2 nitrogen and oxygen atoms in total. The van der Waals surface area contributed by atoms with Gasteiger partial charge < -0.3 is 9.13 Å². The summed E-state index contributed by atoms with van der Waals surface area (Å²) in [6.45, 7) is 9.99. The second-order valence-electron chi connectivity index (χ2n) is 18.9. The van der Waals surface area contributed by atoms with Gasteiger partial charge in [-0.15, -0.1) is 61.2 Å². The first-order valence-electron chi connectivity index (χ1n) is 23.4. The molecule has 0 radical (unpaired) electrons. The van der Waals surface area contributed by atoms with E-state index in [-0.39, 0.29) is 0 Å². The van der Waals surface area contributed by atoms with E-state index in [1.54, 1.807) is 21.5 Å². The van der Waals surface area contributed by atoms with Crippen molar-refractivity contribution in [2.24, 2.45) is 0 Å². The number of hydrogen-bond donors (Lipinski definition) is 0. The van der Waals surface area contributed by atoms with Crippen molar-refractivity contribution < 1.29 is 20.8 Å². The Hall–Kier alpha value is -5.74. The second kappa shape index (κ2) is 16.8. The number of aryl methyl sites for hydroxylation is 3. The van der Waals surface area contributed by atoms with Gasteiger partial charge in [0.15, 0.2) is 0 Å². The number of nitrogens with zero attached hydrogens (tertiary/aromatic N) is 2. The van der Waals surface area contributed by atoms with Gasteiger partial charge in [0.1, 0.15) is 0 Å². The van der Waals surface area contributed by atoms with E-state index in [0.717, 1.165) is 12.8 Å². The molecule has 2 aromatic heterocycles. The summed E-state index contributed by atoms with van der Waals surface area (Å²) in [4.78, 5) is 0. The van der Waals surface area contributed by atoms with Gasteiger partial charge >= 0.3 is 37.9 Å². The van der Waals surface area contributed by atoms with E-state index < -0.39 is 28.9 Å². The van der Waals surface area contributed by atoms with Crippen molar-refractivity contribution in [3.8, 4) is 33.6 Å². The van der Waals surface area contributed by atoms with Gasteiger partial charge in [0.2, 0.25) is 0 Å². The number of halogens is 2. The monoisotopic (exact) mass is 996 g/mol. The average Bonchev–Trinajstić information content (AvgIpc) is 4.17. The third-order valence-corrected chi connectivity index (χ3v) is 18.6. The van der Waals surface area contributed by atoms with Gasteiger partial charge in [0.25, 0.3) is 0 Å². The first kappa shape index (κ1) is 42.6. The van der Waals surface area contributed by atoms with E-state index in [9.17, 15) is 0 Å². The van der Waals surface area contributed by atoms with Crippen molar-refractivity contribution in [3.05, 3.63) is 204 Å². The summed E-state index contributed by atoms with van der Waals surface area (Å²) in [5.41, 5.74) is 18.7. The Kier molecular flexibility index (Phi) is 10.7. The van der Waals surface area contributed by atoms with Gasteiger partial charge in [-0.3, -0.25) is 0 Å². The maximum absolute atomic E-state index is 4.93. The molecule has 13 rings (SSSR count). The molecule has 0 N–H and O–H groups in total. The Morgan fingerprint density at radius 3 is 1.58 bits per heavy atom.